The maximum Gasteiger partial charge on any atom is 0.338 e. The third kappa shape index (κ3) is 3.68. The Morgan fingerprint density at radius 3 is 2.54 bits per heavy atom. The lowest BCUT2D eigenvalue weighted by molar-refractivity contribution is 0.0467. The quantitative estimate of drug-likeness (QED) is 0.536. The number of aromatic hydroxyl groups is 1. The smallest absolute Gasteiger partial charge is 0.338 e. The van der Waals surface area contributed by atoms with Crippen LogP contribution in [0.15, 0.2) is 48.5 Å². The number of carbonyl (C=O) groups is 1. The second-order valence-electron chi connectivity index (χ2n) is 6.98. The minimum Gasteiger partial charge on any atom is -0.507 e. The second kappa shape index (κ2) is 7.41. The van der Waals surface area contributed by atoms with E-state index in [1.54, 1.807) is 12.1 Å². The summed E-state index contributed by atoms with van der Waals surface area (Å²) in [6.07, 6.45) is 0. The van der Waals surface area contributed by atoms with Crippen molar-refractivity contribution in [2.45, 2.75) is 0 Å². The lowest BCUT2D eigenvalue weighted by Gasteiger charge is -2.26. The van der Waals surface area contributed by atoms with Crippen LogP contribution in [0.5, 0.6) is 5.75 Å². The number of fused-ring (bicyclic) bond motifs is 2. The SMILES string of the molecule is O=C(OCCN1CCS(=O)(=O)CC1)c1cccc2cc3ccccc3c(O)c12. The predicted molar refractivity (Wildman–Crippen MR) is 108 cm³/mol. The summed E-state index contributed by atoms with van der Waals surface area (Å²) in [4.78, 5) is 14.6. The van der Waals surface area contributed by atoms with Gasteiger partial charge in [-0.15, -0.1) is 0 Å². The summed E-state index contributed by atoms with van der Waals surface area (Å²) in [6.45, 7) is 1.58. The summed E-state index contributed by atoms with van der Waals surface area (Å²) in [7, 11) is -2.92. The van der Waals surface area contributed by atoms with Gasteiger partial charge >= 0.3 is 5.97 Å². The van der Waals surface area contributed by atoms with Gasteiger partial charge in [-0.3, -0.25) is 4.90 Å². The topological polar surface area (TPSA) is 83.9 Å². The van der Waals surface area contributed by atoms with Gasteiger partial charge in [-0.05, 0) is 22.9 Å². The van der Waals surface area contributed by atoms with E-state index in [2.05, 4.69) is 0 Å². The van der Waals surface area contributed by atoms with Gasteiger partial charge in [-0.1, -0.05) is 36.4 Å². The summed E-state index contributed by atoms with van der Waals surface area (Å²) in [5.41, 5.74) is 0.321. The number of carbonyl (C=O) groups excluding carboxylic acids is 1. The Balaban J connectivity index is 1.52. The molecule has 1 fully saturated rings. The van der Waals surface area contributed by atoms with Crippen LogP contribution in [-0.4, -0.2) is 62.1 Å². The second-order valence-corrected chi connectivity index (χ2v) is 9.28. The zero-order chi connectivity index (χ0) is 19.7. The fourth-order valence-electron chi connectivity index (χ4n) is 3.58. The van der Waals surface area contributed by atoms with E-state index in [-0.39, 0.29) is 23.9 Å². The average Bonchev–Trinajstić information content (AvgIpc) is 2.69. The molecular weight excluding hydrogens is 378 g/mol. The Kier molecular flexibility index (Phi) is 4.95. The van der Waals surface area contributed by atoms with Crippen LogP contribution in [-0.2, 0) is 14.6 Å². The lowest BCUT2D eigenvalue weighted by atomic mass is 9.98. The molecule has 4 rings (SSSR count). The Hall–Kier alpha value is -2.64. The van der Waals surface area contributed by atoms with Crippen molar-refractivity contribution in [1.29, 1.82) is 0 Å². The number of phenols is 1. The molecule has 0 saturated carbocycles. The molecule has 28 heavy (non-hydrogen) atoms. The average molecular weight is 399 g/mol. The van der Waals surface area contributed by atoms with Crippen molar-refractivity contribution < 1.29 is 23.1 Å². The summed E-state index contributed by atoms with van der Waals surface area (Å²) < 4.78 is 28.4. The number of rotatable bonds is 4. The van der Waals surface area contributed by atoms with Gasteiger partial charge in [0.1, 0.15) is 12.4 Å². The predicted octanol–water partition coefficient (Wildman–Crippen LogP) is 2.59. The molecule has 0 spiro atoms. The van der Waals surface area contributed by atoms with Crippen LogP contribution in [0.25, 0.3) is 21.5 Å². The molecule has 0 unspecified atom stereocenters. The molecule has 1 heterocycles. The molecule has 0 radical (unpaired) electrons. The Labute approximate surface area is 163 Å². The van der Waals surface area contributed by atoms with Crippen molar-refractivity contribution in [1.82, 2.24) is 4.90 Å². The maximum atomic E-state index is 12.6. The number of hydrogen-bond acceptors (Lipinski definition) is 6. The minimum absolute atomic E-state index is 0.0712. The largest absolute Gasteiger partial charge is 0.507 e. The molecule has 0 aliphatic carbocycles. The van der Waals surface area contributed by atoms with Crippen molar-refractivity contribution in [2.75, 3.05) is 37.7 Å². The van der Waals surface area contributed by atoms with E-state index in [9.17, 15) is 18.3 Å². The third-order valence-corrected chi connectivity index (χ3v) is 6.77. The van der Waals surface area contributed by atoms with Crippen LogP contribution in [0.1, 0.15) is 10.4 Å². The highest BCUT2D eigenvalue weighted by Gasteiger charge is 2.22. The number of sulfone groups is 1. The number of phenolic OH excluding ortho intramolecular Hbond substituents is 1. The van der Waals surface area contributed by atoms with Gasteiger partial charge in [0.15, 0.2) is 9.84 Å². The third-order valence-electron chi connectivity index (χ3n) is 5.16. The molecule has 0 bridgehead atoms. The van der Waals surface area contributed by atoms with Crippen LogP contribution in [0, 0.1) is 0 Å². The number of hydrogen-bond donors (Lipinski definition) is 1. The molecule has 3 aromatic carbocycles. The van der Waals surface area contributed by atoms with Crippen molar-refractivity contribution in [3.05, 3.63) is 54.1 Å². The summed E-state index contributed by atoms with van der Waals surface area (Å²) in [6, 6.07) is 14.7. The van der Waals surface area contributed by atoms with E-state index in [0.29, 0.717) is 36.0 Å². The summed E-state index contributed by atoms with van der Waals surface area (Å²) in [5.74, 6) is -0.140. The number of nitrogens with zero attached hydrogens (tertiary/aromatic N) is 1. The van der Waals surface area contributed by atoms with Gasteiger partial charge in [-0.25, -0.2) is 13.2 Å². The fourth-order valence-corrected chi connectivity index (χ4v) is 4.86. The first kappa shape index (κ1) is 18.7. The normalized spacial score (nSPS) is 17.0. The first-order valence-electron chi connectivity index (χ1n) is 9.18. The van der Waals surface area contributed by atoms with Crippen molar-refractivity contribution in [2.24, 2.45) is 0 Å². The highest BCUT2D eigenvalue weighted by molar-refractivity contribution is 7.91. The van der Waals surface area contributed by atoms with Crippen molar-refractivity contribution in [3.8, 4) is 5.75 Å². The van der Waals surface area contributed by atoms with Gasteiger partial charge in [0.2, 0.25) is 0 Å². The van der Waals surface area contributed by atoms with E-state index in [1.807, 2.05) is 41.3 Å². The number of esters is 1. The zero-order valence-corrected chi connectivity index (χ0v) is 16.1. The standard InChI is InChI=1S/C21H21NO5S/c23-20-17-6-2-1-4-15(17)14-16-5-3-7-18(19(16)20)21(24)27-11-8-22-9-12-28(25,26)13-10-22/h1-7,14,23H,8-13H2. The highest BCUT2D eigenvalue weighted by Crippen LogP contribution is 2.36. The Morgan fingerprint density at radius 1 is 1.04 bits per heavy atom. The molecular formula is C21H21NO5S. The van der Waals surface area contributed by atoms with Gasteiger partial charge in [0.05, 0.1) is 17.1 Å². The lowest BCUT2D eigenvalue weighted by Crippen LogP contribution is -2.41. The summed E-state index contributed by atoms with van der Waals surface area (Å²) in [5, 5.41) is 13.6. The monoisotopic (exact) mass is 399 g/mol. The van der Waals surface area contributed by atoms with Gasteiger partial charge in [0.25, 0.3) is 0 Å². The molecule has 0 atom stereocenters. The van der Waals surface area contributed by atoms with E-state index in [0.717, 1.165) is 10.8 Å². The first-order chi connectivity index (χ1) is 13.4. The van der Waals surface area contributed by atoms with Gasteiger partial charge in [-0.2, -0.15) is 0 Å². The molecule has 146 valence electrons. The molecule has 1 aliphatic heterocycles. The van der Waals surface area contributed by atoms with Crippen LogP contribution in [0.3, 0.4) is 0 Å². The molecule has 1 aliphatic rings. The van der Waals surface area contributed by atoms with Crippen LogP contribution < -0.4 is 0 Å². The molecule has 1 N–H and O–H groups in total. The van der Waals surface area contributed by atoms with E-state index < -0.39 is 15.8 Å². The maximum absolute atomic E-state index is 12.6. The zero-order valence-electron chi connectivity index (χ0n) is 15.3. The van der Waals surface area contributed by atoms with E-state index in [1.165, 1.54) is 0 Å². The van der Waals surface area contributed by atoms with Crippen LogP contribution >= 0.6 is 0 Å². The fraction of sp³-hybridized carbons (Fsp3) is 0.286. The van der Waals surface area contributed by atoms with Crippen molar-refractivity contribution >= 4 is 37.4 Å². The molecule has 1 saturated heterocycles. The van der Waals surface area contributed by atoms with Crippen LogP contribution in [0.2, 0.25) is 0 Å². The molecule has 0 amide bonds. The summed E-state index contributed by atoms with van der Waals surface area (Å²) >= 11 is 0. The Bertz CT molecular complexity index is 1140. The van der Waals surface area contributed by atoms with Crippen molar-refractivity contribution in [3.63, 3.8) is 0 Å². The first-order valence-corrected chi connectivity index (χ1v) is 11.0. The molecule has 7 heteroatoms. The number of benzene rings is 3. The van der Waals surface area contributed by atoms with E-state index in [4.69, 9.17) is 4.74 Å². The minimum atomic E-state index is -2.92. The van der Waals surface area contributed by atoms with Gasteiger partial charge < -0.3 is 9.84 Å². The highest BCUT2D eigenvalue weighted by atomic mass is 32.2. The van der Waals surface area contributed by atoms with E-state index >= 15 is 0 Å². The molecule has 6 nitrogen and oxygen atoms in total. The Morgan fingerprint density at radius 2 is 1.75 bits per heavy atom. The number of ether oxygens (including phenoxy) is 1. The van der Waals surface area contributed by atoms with Crippen LogP contribution in [0.4, 0.5) is 0 Å². The van der Waals surface area contributed by atoms with Gasteiger partial charge in [0, 0.05) is 30.4 Å². The molecule has 3 aromatic rings. The molecule has 0 aromatic heterocycles.